The molecule has 84 valence electrons. The molecule has 1 aromatic heterocycles. The second kappa shape index (κ2) is 4.63. The molecule has 0 aliphatic heterocycles. The Hall–Kier alpha value is -1.39. The monoisotopic (exact) mass is 237 g/mol. The van der Waals surface area contributed by atoms with Gasteiger partial charge in [0.2, 0.25) is 0 Å². The predicted octanol–water partition coefficient (Wildman–Crippen LogP) is 2.94. The lowest BCUT2D eigenvalue weighted by Gasteiger charge is -2.12. The predicted molar refractivity (Wildman–Crippen MR) is 63.3 cm³/mol. The van der Waals surface area contributed by atoms with Gasteiger partial charge < -0.3 is 10.5 Å². The van der Waals surface area contributed by atoms with Crippen LogP contribution < -0.4 is 10.5 Å². The molecule has 0 radical (unpaired) electrons. The van der Waals surface area contributed by atoms with Gasteiger partial charge in [-0.2, -0.15) is 11.3 Å². The molecule has 0 bridgehead atoms. The maximum absolute atomic E-state index is 13.6. The SMILES string of the molecule is COc1ccc(F)c([C@@H](N)c2ccsc2)c1. The zero-order valence-corrected chi connectivity index (χ0v) is 9.63. The van der Waals surface area contributed by atoms with Gasteiger partial charge in [-0.25, -0.2) is 4.39 Å². The summed E-state index contributed by atoms with van der Waals surface area (Å²) in [6.45, 7) is 0. The van der Waals surface area contributed by atoms with E-state index in [-0.39, 0.29) is 5.82 Å². The fourth-order valence-electron chi connectivity index (χ4n) is 1.52. The van der Waals surface area contributed by atoms with Gasteiger partial charge >= 0.3 is 0 Å². The van der Waals surface area contributed by atoms with Crippen molar-refractivity contribution in [1.29, 1.82) is 0 Å². The Morgan fingerprint density at radius 2 is 2.19 bits per heavy atom. The summed E-state index contributed by atoms with van der Waals surface area (Å²) in [5.41, 5.74) is 7.37. The lowest BCUT2D eigenvalue weighted by Crippen LogP contribution is -2.12. The molecule has 0 fully saturated rings. The Labute approximate surface area is 97.5 Å². The van der Waals surface area contributed by atoms with Crippen LogP contribution >= 0.6 is 11.3 Å². The molecule has 1 aromatic carbocycles. The Morgan fingerprint density at radius 3 is 2.81 bits per heavy atom. The van der Waals surface area contributed by atoms with E-state index >= 15 is 0 Å². The van der Waals surface area contributed by atoms with E-state index in [1.165, 1.54) is 6.07 Å². The highest BCUT2D eigenvalue weighted by Crippen LogP contribution is 2.26. The summed E-state index contributed by atoms with van der Waals surface area (Å²) in [7, 11) is 1.55. The van der Waals surface area contributed by atoms with Gasteiger partial charge in [-0.3, -0.25) is 0 Å². The standard InChI is InChI=1S/C12H12FNOS/c1-15-9-2-3-11(13)10(6-9)12(14)8-4-5-16-7-8/h2-7,12H,14H2,1H3/t12-/m0/s1. The molecule has 2 aromatic rings. The highest BCUT2D eigenvalue weighted by Gasteiger charge is 2.14. The highest BCUT2D eigenvalue weighted by molar-refractivity contribution is 7.08. The largest absolute Gasteiger partial charge is 0.497 e. The third-order valence-electron chi connectivity index (χ3n) is 2.44. The zero-order chi connectivity index (χ0) is 11.5. The van der Waals surface area contributed by atoms with E-state index in [9.17, 15) is 4.39 Å². The molecule has 0 aliphatic carbocycles. The molecular weight excluding hydrogens is 225 g/mol. The third kappa shape index (κ3) is 2.08. The maximum Gasteiger partial charge on any atom is 0.128 e. The van der Waals surface area contributed by atoms with Gasteiger partial charge in [0.25, 0.3) is 0 Å². The van der Waals surface area contributed by atoms with E-state index < -0.39 is 6.04 Å². The zero-order valence-electron chi connectivity index (χ0n) is 8.81. The summed E-state index contributed by atoms with van der Waals surface area (Å²) >= 11 is 1.54. The van der Waals surface area contributed by atoms with Gasteiger partial charge in [-0.1, -0.05) is 0 Å². The van der Waals surface area contributed by atoms with Crippen LogP contribution in [0.3, 0.4) is 0 Å². The minimum atomic E-state index is -0.443. The Bertz CT molecular complexity index is 470. The van der Waals surface area contributed by atoms with Crippen molar-refractivity contribution < 1.29 is 9.13 Å². The first-order chi connectivity index (χ1) is 7.72. The highest BCUT2D eigenvalue weighted by atomic mass is 32.1. The second-order valence-electron chi connectivity index (χ2n) is 3.42. The molecule has 0 saturated carbocycles. The summed E-state index contributed by atoms with van der Waals surface area (Å²) in [6, 6.07) is 6.05. The quantitative estimate of drug-likeness (QED) is 0.890. The van der Waals surface area contributed by atoms with Crippen molar-refractivity contribution in [1.82, 2.24) is 0 Å². The molecule has 1 heterocycles. The third-order valence-corrected chi connectivity index (χ3v) is 3.14. The second-order valence-corrected chi connectivity index (χ2v) is 4.20. The Kier molecular flexibility index (Phi) is 3.22. The van der Waals surface area contributed by atoms with Crippen LogP contribution in [0.2, 0.25) is 0 Å². The summed E-state index contributed by atoms with van der Waals surface area (Å²) in [5, 5.41) is 3.84. The van der Waals surface area contributed by atoms with Crippen LogP contribution in [0.25, 0.3) is 0 Å². The Balaban J connectivity index is 2.39. The number of thiophene rings is 1. The number of halogens is 1. The number of ether oxygens (including phenoxy) is 1. The van der Waals surface area contributed by atoms with Crippen molar-refractivity contribution in [3.05, 3.63) is 52.0 Å². The maximum atomic E-state index is 13.6. The molecule has 2 nitrogen and oxygen atoms in total. The van der Waals surface area contributed by atoms with Crippen molar-refractivity contribution in [3.8, 4) is 5.75 Å². The topological polar surface area (TPSA) is 35.2 Å². The van der Waals surface area contributed by atoms with Gasteiger partial charge in [0.1, 0.15) is 11.6 Å². The molecule has 16 heavy (non-hydrogen) atoms. The van der Waals surface area contributed by atoms with Crippen molar-refractivity contribution in [2.75, 3.05) is 7.11 Å². The molecule has 0 spiro atoms. The van der Waals surface area contributed by atoms with Crippen molar-refractivity contribution in [2.24, 2.45) is 5.73 Å². The first-order valence-electron chi connectivity index (χ1n) is 4.83. The van der Waals surface area contributed by atoms with Crippen LogP contribution in [-0.4, -0.2) is 7.11 Å². The molecule has 2 rings (SSSR count). The molecule has 0 aliphatic rings. The van der Waals surface area contributed by atoms with E-state index in [0.717, 1.165) is 5.56 Å². The van der Waals surface area contributed by atoms with Crippen molar-refractivity contribution in [3.63, 3.8) is 0 Å². The minimum Gasteiger partial charge on any atom is -0.497 e. The summed E-state index contributed by atoms with van der Waals surface area (Å²) < 4.78 is 18.7. The van der Waals surface area contributed by atoms with Crippen LogP contribution in [0, 0.1) is 5.82 Å². The van der Waals surface area contributed by atoms with Crippen LogP contribution in [0.5, 0.6) is 5.75 Å². The van der Waals surface area contributed by atoms with Crippen LogP contribution in [0.15, 0.2) is 35.0 Å². The smallest absolute Gasteiger partial charge is 0.128 e. The van der Waals surface area contributed by atoms with E-state index in [2.05, 4.69) is 0 Å². The number of hydrogen-bond donors (Lipinski definition) is 1. The van der Waals surface area contributed by atoms with Crippen molar-refractivity contribution >= 4 is 11.3 Å². The van der Waals surface area contributed by atoms with Gasteiger partial charge in [0.05, 0.1) is 13.2 Å². The van der Waals surface area contributed by atoms with Crippen LogP contribution in [-0.2, 0) is 0 Å². The first kappa shape index (κ1) is 11.1. The lowest BCUT2D eigenvalue weighted by atomic mass is 10.0. The molecular formula is C12H12FNOS. The van der Waals surface area contributed by atoms with E-state index in [1.54, 1.807) is 30.6 Å². The van der Waals surface area contributed by atoms with Crippen LogP contribution in [0.4, 0.5) is 4.39 Å². The number of methoxy groups -OCH3 is 1. The van der Waals surface area contributed by atoms with Crippen molar-refractivity contribution in [2.45, 2.75) is 6.04 Å². The van der Waals surface area contributed by atoms with Crippen LogP contribution in [0.1, 0.15) is 17.2 Å². The summed E-state index contributed by atoms with van der Waals surface area (Å²) in [4.78, 5) is 0. The van der Waals surface area contributed by atoms with E-state index in [0.29, 0.717) is 11.3 Å². The molecule has 0 unspecified atom stereocenters. The Morgan fingerprint density at radius 1 is 1.38 bits per heavy atom. The average molecular weight is 237 g/mol. The first-order valence-corrected chi connectivity index (χ1v) is 5.77. The molecule has 0 amide bonds. The lowest BCUT2D eigenvalue weighted by molar-refractivity contribution is 0.412. The average Bonchev–Trinajstić information content (AvgIpc) is 2.82. The normalized spacial score (nSPS) is 12.4. The summed E-state index contributed by atoms with van der Waals surface area (Å²) in [6.07, 6.45) is 0. The molecule has 2 N–H and O–H groups in total. The molecule has 4 heteroatoms. The van der Waals surface area contributed by atoms with Gasteiger partial charge in [0, 0.05) is 5.56 Å². The molecule has 1 atom stereocenters. The van der Waals surface area contributed by atoms with Gasteiger partial charge in [-0.15, -0.1) is 0 Å². The fourth-order valence-corrected chi connectivity index (χ4v) is 2.22. The fraction of sp³-hybridized carbons (Fsp3) is 0.167. The number of benzene rings is 1. The van der Waals surface area contributed by atoms with Gasteiger partial charge in [-0.05, 0) is 40.6 Å². The minimum absolute atomic E-state index is 0.306. The number of rotatable bonds is 3. The van der Waals surface area contributed by atoms with E-state index in [4.69, 9.17) is 10.5 Å². The van der Waals surface area contributed by atoms with E-state index in [1.807, 2.05) is 16.8 Å². The molecule has 0 saturated heterocycles. The summed E-state index contributed by atoms with van der Waals surface area (Å²) in [5.74, 6) is 0.307. The number of hydrogen-bond acceptors (Lipinski definition) is 3. The van der Waals surface area contributed by atoms with Gasteiger partial charge in [0.15, 0.2) is 0 Å². The number of nitrogens with two attached hydrogens (primary N) is 1.